The fourth-order valence-electron chi connectivity index (χ4n) is 3.46. The van der Waals surface area contributed by atoms with Gasteiger partial charge in [-0.25, -0.2) is 0 Å². The van der Waals surface area contributed by atoms with E-state index in [1.165, 1.54) is 0 Å². The molecule has 0 aliphatic heterocycles. The first-order valence-electron chi connectivity index (χ1n) is 9.84. The van der Waals surface area contributed by atoms with Crippen molar-refractivity contribution < 1.29 is 9.47 Å². The van der Waals surface area contributed by atoms with Crippen LogP contribution in [0.1, 0.15) is 16.7 Å². The van der Waals surface area contributed by atoms with Crippen LogP contribution in [-0.4, -0.2) is 7.11 Å². The fraction of sp³-hybridized carbons (Fsp3) is 0.0741. The lowest BCUT2D eigenvalue weighted by Gasteiger charge is -2.12. The zero-order valence-electron chi connectivity index (χ0n) is 17.0. The van der Waals surface area contributed by atoms with E-state index >= 15 is 0 Å². The number of hydrogen-bond donors (Lipinski definition) is 0. The topological polar surface area (TPSA) is 42.2 Å². The number of nitriles is 1. The second-order valence-electron chi connectivity index (χ2n) is 6.99. The Bertz CT molecular complexity index is 1300. The molecule has 0 aromatic heterocycles. The highest BCUT2D eigenvalue weighted by Crippen LogP contribution is 2.32. The van der Waals surface area contributed by atoms with Crippen molar-refractivity contribution >= 4 is 34.0 Å². The number of methoxy groups -OCH3 is 1. The van der Waals surface area contributed by atoms with Crippen LogP contribution >= 0.6 is 11.6 Å². The third kappa shape index (κ3) is 4.55. The van der Waals surface area contributed by atoms with E-state index in [9.17, 15) is 5.26 Å². The predicted octanol–water partition coefficient (Wildman–Crippen LogP) is 7.14. The van der Waals surface area contributed by atoms with Crippen molar-refractivity contribution in [3.63, 3.8) is 0 Å². The number of ether oxygens (including phenoxy) is 2. The minimum absolute atomic E-state index is 0.338. The van der Waals surface area contributed by atoms with Crippen LogP contribution in [0.4, 0.5) is 0 Å². The molecule has 0 amide bonds. The smallest absolute Gasteiger partial charge is 0.161 e. The van der Waals surface area contributed by atoms with Crippen molar-refractivity contribution in [1.82, 2.24) is 0 Å². The summed E-state index contributed by atoms with van der Waals surface area (Å²) in [6.45, 7) is 0.338. The summed E-state index contributed by atoms with van der Waals surface area (Å²) >= 11 is 6.21. The number of hydrogen-bond acceptors (Lipinski definition) is 3. The largest absolute Gasteiger partial charge is 0.493 e. The minimum Gasteiger partial charge on any atom is -0.493 e. The maximum Gasteiger partial charge on any atom is 0.161 e. The monoisotopic (exact) mass is 425 g/mol. The molecule has 0 N–H and O–H groups in total. The van der Waals surface area contributed by atoms with E-state index in [0.29, 0.717) is 28.7 Å². The fourth-order valence-corrected chi connectivity index (χ4v) is 3.65. The number of halogens is 1. The van der Waals surface area contributed by atoms with E-state index in [0.717, 1.165) is 27.5 Å². The first-order valence-corrected chi connectivity index (χ1v) is 10.2. The number of nitrogens with zero attached hydrogens (tertiary/aromatic N) is 1. The second-order valence-corrected chi connectivity index (χ2v) is 7.39. The molecule has 0 fully saturated rings. The Morgan fingerprint density at radius 3 is 2.52 bits per heavy atom. The van der Waals surface area contributed by atoms with E-state index in [1.54, 1.807) is 7.11 Å². The van der Waals surface area contributed by atoms with Gasteiger partial charge >= 0.3 is 0 Å². The van der Waals surface area contributed by atoms with E-state index < -0.39 is 0 Å². The Morgan fingerprint density at radius 2 is 1.71 bits per heavy atom. The molecule has 0 atom stereocenters. The van der Waals surface area contributed by atoms with Gasteiger partial charge in [-0.15, -0.1) is 0 Å². The van der Waals surface area contributed by atoms with Gasteiger partial charge in [-0.3, -0.25) is 0 Å². The molecule has 0 heterocycles. The molecule has 0 saturated heterocycles. The molecule has 4 heteroatoms. The lowest BCUT2D eigenvalue weighted by Crippen LogP contribution is -1.98. The SMILES string of the molecule is COc1cc(/C=C(/C#N)c2cccc3ccccc23)ccc1OCc1ccccc1Cl. The number of allylic oxidation sites excluding steroid dienone is 1. The van der Waals surface area contributed by atoms with Gasteiger partial charge in [0.25, 0.3) is 0 Å². The van der Waals surface area contributed by atoms with Crippen molar-refractivity contribution in [2.45, 2.75) is 6.61 Å². The highest BCUT2D eigenvalue weighted by atomic mass is 35.5. The Hall–Kier alpha value is -3.74. The number of fused-ring (bicyclic) bond motifs is 1. The van der Waals surface area contributed by atoms with Crippen molar-refractivity contribution in [2.75, 3.05) is 7.11 Å². The van der Waals surface area contributed by atoms with Crippen LogP contribution in [0, 0.1) is 11.3 Å². The minimum atomic E-state index is 0.338. The summed E-state index contributed by atoms with van der Waals surface area (Å²) in [6.07, 6.45) is 1.86. The molecule has 0 unspecified atom stereocenters. The Balaban J connectivity index is 1.64. The van der Waals surface area contributed by atoms with Crippen LogP contribution in [0.25, 0.3) is 22.4 Å². The van der Waals surface area contributed by atoms with Crippen molar-refractivity contribution in [3.8, 4) is 17.6 Å². The molecule has 31 heavy (non-hydrogen) atoms. The van der Waals surface area contributed by atoms with Crippen LogP contribution < -0.4 is 9.47 Å². The Kier molecular flexibility index (Phi) is 6.21. The standard InChI is InChI=1S/C27H20ClNO2/c1-30-27-16-19(13-14-26(27)31-18-21-8-3-5-12-25(21)28)15-22(17-29)24-11-6-9-20-7-2-4-10-23(20)24/h2-16H,18H2,1H3/b22-15-. The summed E-state index contributed by atoms with van der Waals surface area (Å²) in [5.41, 5.74) is 3.24. The molecule has 0 aliphatic carbocycles. The van der Waals surface area contributed by atoms with Crippen molar-refractivity contribution in [1.29, 1.82) is 5.26 Å². The summed E-state index contributed by atoms with van der Waals surface area (Å²) in [5.74, 6) is 1.21. The maximum atomic E-state index is 9.83. The van der Waals surface area contributed by atoms with E-state index in [4.69, 9.17) is 21.1 Å². The summed E-state index contributed by atoms with van der Waals surface area (Å²) in [7, 11) is 1.60. The van der Waals surface area contributed by atoms with Crippen LogP contribution in [0.15, 0.2) is 84.9 Å². The van der Waals surface area contributed by atoms with Crippen LogP contribution in [-0.2, 0) is 6.61 Å². The molecule has 152 valence electrons. The van der Waals surface area contributed by atoms with E-state index in [2.05, 4.69) is 6.07 Å². The molecule has 0 saturated carbocycles. The lowest BCUT2D eigenvalue weighted by atomic mass is 9.97. The second kappa shape index (κ2) is 9.38. The van der Waals surface area contributed by atoms with Gasteiger partial charge < -0.3 is 9.47 Å². The van der Waals surface area contributed by atoms with Gasteiger partial charge in [0.2, 0.25) is 0 Å². The molecule has 0 spiro atoms. The summed E-state index contributed by atoms with van der Waals surface area (Å²) < 4.78 is 11.5. The lowest BCUT2D eigenvalue weighted by molar-refractivity contribution is 0.284. The van der Waals surface area contributed by atoms with Crippen molar-refractivity contribution in [2.24, 2.45) is 0 Å². The Labute approximate surface area is 186 Å². The molecular weight excluding hydrogens is 406 g/mol. The summed E-state index contributed by atoms with van der Waals surface area (Å²) in [6, 6.07) is 29.6. The molecule has 4 aromatic carbocycles. The van der Waals surface area contributed by atoms with Crippen LogP contribution in [0.5, 0.6) is 11.5 Å². The number of benzene rings is 4. The molecular formula is C27H20ClNO2. The Morgan fingerprint density at radius 1 is 0.935 bits per heavy atom. The van der Waals surface area contributed by atoms with E-state index in [1.807, 2.05) is 91.0 Å². The van der Waals surface area contributed by atoms with Gasteiger partial charge in [-0.2, -0.15) is 5.26 Å². The third-order valence-corrected chi connectivity index (χ3v) is 5.41. The van der Waals surface area contributed by atoms with Gasteiger partial charge in [0.05, 0.1) is 18.8 Å². The average molecular weight is 426 g/mol. The predicted molar refractivity (Wildman–Crippen MR) is 126 cm³/mol. The summed E-state index contributed by atoms with van der Waals surface area (Å²) in [5, 5.41) is 12.6. The van der Waals surface area contributed by atoms with Gasteiger partial charge in [0, 0.05) is 16.1 Å². The quantitative estimate of drug-likeness (QED) is 0.243. The van der Waals surface area contributed by atoms with Crippen LogP contribution in [0.3, 0.4) is 0 Å². The highest BCUT2D eigenvalue weighted by molar-refractivity contribution is 6.31. The van der Waals surface area contributed by atoms with Crippen molar-refractivity contribution in [3.05, 3.63) is 107 Å². The van der Waals surface area contributed by atoms with Gasteiger partial charge in [0.15, 0.2) is 11.5 Å². The third-order valence-electron chi connectivity index (χ3n) is 5.04. The van der Waals surface area contributed by atoms with Gasteiger partial charge in [-0.1, -0.05) is 78.3 Å². The average Bonchev–Trinajstić information content (AvgIpc) is 2.82. The molecule has 4 aromatic rings. The molecule has 3 nitrogen and oxygen atoms in total. The first-order chi connectivity index (χ1) is 15.2. The highest BCUT2D eigenvalue weighted by Gasteiger charge is 2.10. The summed E-state index contributed by atoms with van der Waals surface area (Å²) in [4.78, 5) is 0. The van der Waals surface area contributed by atoms with Gasteiger partial charge in [-0.05, 0) is 40.6 Å². The molecule has 0 bridgehead atoms. The zero-order chi connectivity index (χ0) is 21.6. The van der Waals surface area contributed by atoms with E-state index in [-0.39, 0.29) is 0 Å². The number of rotatable bonds is 6. The molecule has 0 aliphatic rings. The molecule has 4 rings (SSSR count). The van der Waals surface area contributed by atoms with Gasteiger partial charge in [0.1, 0.15) is 6.61 Å². The zero-order valence-corrected chi connectivity index (χ0v) is 17.8. The first kappa shape index (κ1) is 20.5. The maximum absolute atomic E-state index is 9.83. The molecule has 0 radical (unpaired) electrons. The van der Waals surface area contributed by atoms with Crippen LogP contribution in [0.2, 0.25) is 5.02 Å². The normalized spacial score (nSPS) is 11.2.